The summed E-state index contributed by atoms with van der Waals surface area (Å²) in [5, 5.41) is 0. The van der Waals surface area contributed by atoms with E-state index in [4.69, 9.17) is 17.2 Å². The molecule has 6 N–H and O–H groups in total. The van der Waals surface area contributed by atoms with Gasteiger partial charge in [0.05, 0.1) is 11.6 Å². The molecule has 0 aliphatic rings. The van der Waals surface area contributed by atoms with Gasteiger partial charge in [0.1, 0.15) is 5.54 Å². The lowest BCUT2D eigenvalue weighted by atomic mass is 9.87. The minimum atomic E-state index is -4.37. The predicted octanol–water partition coefficient (Wildman–Crippen LogP) is 3.34. The van der Waals surface area contributed by atoms with E-state index in [2.05, 4.69) is 0 Å². The van der Waals surface area contributed by atoms with E-state index in [1.54, 1.807) is 30.3 Å². The van der Waals surface area contributed by atoms with Gasteiger partial charge in [-0.2, -0.15) is 13.2 Å². The van der Waals surface area contributed by atoms with Crippen LogP contribution in [-0.2, 0) is 17.4 Å². The summed E-state index contributed by atoms with van der Waals surface area (Å²) in [4.78, 5) is 11.4. The van der Waals surface area contributed by atoms with Crippen LogP contribution in [0.3, 0.4) is 0 Å². The average Bonchev–Trinajstić information content (AvgIpc) is 2.54. The molecule has 0 aliphatic heterocycles. The Labute approximate surface area is 168 Å². The van der Waals surface area contributed by atoms with E-state index in [1.807, 2.05) is 0 Å². The van der Waals surface area contributed by atoms with Gasteiger partial charge in [-0.05, 0) is 36.1 Å². The summed E-state index contributed by atoms with van der Waals surface area (Å²) < 4.78 is 38.3. The van der Waals surface area contributed by atoms with Crippen LogP contribution in [0.1, 0.15) is 35.2 Å². The maximum atomic E-state index is 12.8. The number of hydrogen-bond donors (Lipinski definition) is 3. The van der Waals surface area contributed by atoms with Crippen molar-refractivity contribution < 1.29 is 18.0 Å². The van der Waals surface area contributed by atoms with E-state index >= 15 is 0 Å². The zero-order valence-electron chi connectivity index (χ0n) is 14.5. The lowest BCUT2D eigenvalue weighted by molar-refractivity contribution is -0.137. The standard InChI is InChI=1S/C18H20F3N3O.2ClH/c1-17(24,16(23)25)15(22)13-7-5-11(6-8-13)9-12-3-2-4-14(10-12)18(19,20)21;;/h2-8,10,15H,9,22,24H2,1H3,(H2,23,25);2*1H. The van der Waals surface area contributed by atoms with Gasteiger partial charge < -0.3 is 17.2 Å². The second-order valence-corrected chi connectivity index (χ2v) is 6.24. The number of alkyl halides is 3. The van der Waals surface area contributed by atoms with Crippen molar-refractivity contribution in [1.82, 2.24) is 0 Å². The number of benzene rings is 2. The Morgan fingerprint density at radius 2 is 1.59 bits per heavy atom. The smallest absolute Gasteiger partial charge is 0.368 e. The van der Waals surface area contributed by atoms with Crippen molar-refractivity contribution in [2.24, 2.45) is 17.2 Å². The molecule has 0 fully saturated rings. The second-order valence-electron chi connectivity index (χ2n) is 6.24. The highest BCUT2D eigenvalue weighted by Crippen LogP contribution is 2.30. The van der Waals surface area contributed by atoms with Gasteiger partial charge >= 0.3 is 6.18 Å². The summed E-state index contributed by atoms with van der Waals surface area (Å²) in [5.74, 6) is -0.715. The highest BCUT2D eigenvalue weighted by atomic mass is 35.5. The Bertz CT molecular complexity index is 765. The second kappa shape index (κ2) is 9.41. The SMILES string of the molecule is CC(N)(C(N)=O)C(N)c1ccc(Cc2cccc(C(F)(F)F)c2)cc1.Cl.Cl. The van der Waals surface area contributed by atoms with Gasteiger partial charge in [-0.15, -0.1) is 24.8 Å². The first-order chi connectivity index (χ1) is 11.5. The first-order valence-corrected chi connectivity index (χ1v) is 7.61. The Morgan fingerprint density at radius 3 is 2.07 bits per heavy atom. The first kappa shape index (κ1) is 25.2. The molecule has 0 heterocycles. The van der Waals surface area contributed by atoms with Crippen molar-refractivity contribution in [2.45, 2.75) is 31.1 Å². The molecular formula is C18H22Cl2F3N3O. The highest BCUT2D eigenvalue weighted by molar-refractivity contribution is 5.86. The van der Waals surface area contributed by atoms with E-state index in [0.717, 1.165) is 17.7 Å². The van der Waals surface area contributed by atoms with Crippen LogP contribution in [0.2, 0.25) is 0 Å². The molecule has 0 aromatic heterocycles. The first-order valence-electron chi connectivity index (χ1n) is 7.61. The molecule has 0 bridgehead atoms. The molecule has 4 nitrogen and oxygen atoms in total. The van der Waals surface area contributed by atoms with Gasteiger partial charge in [0, 0.05) is 0 Å². The van der Waals surface area contributed by atoms with Crippen molar-refractivity contribution in [1.29, 1.82) is 0 Å². The Kier molecular flexibility index (Phi) is 8.79. The molecule has 0 radical (unpaired) electrons. The number of carbonyl (C=O) groups excluding carboxylic acids is 1. The summed E-state index contributed by atoms with van der Waals surface area (Å²) in [7, 11) is 0. The maximum Gasteiger partial charge on any atom is 0.416 e. The van der Waals surface area contributed by atoms with Crippen LogP contribution in [0.4, 0.5) is 13.2 Å². The predicted molar refractivity (Wildman–Crippen MR) is 104 cm³/mol. The van der Waals surface area contributed by atoms with Crippen molar-refractivity contribution >= 4 is 30.7 Å². The molecule has 9 heteroatoms. The number of hydrogen-bond acceptors (Lipinski definition) is 3. The molecule has 2 aromatic carbocycles. The fraction of sp³-hybridized carbons (Fsp3) is 0.278. The van der Waals surface area contributed by atoms with Crippen molar-refractivity contribution in [3.8, 4) is 0 Å². The molecule has 2 rings (SSSR count). The van der Waals surface area contributed by atoms with E-state index < -0.39 is 29.2 Å². The van der Waals surface area contributed by atoms with E-state index in [0.29, 0.717) is 17.5 Å². The van der Waals surface area contributed by atoms with Crippen molar-refractivity contribution in [3.05, 3.63) is 70.8 Å². The number of carbonyl (C=O) groups is 1. The average molecular weight is 424 g/mol. The fourth-order valence-corrected chi connectivity index (χ4v) is 2.44. The summed E-state index contributed by atoms with van der Waals surface area (Å²) in [6.45, 7) is 1.45. The summed E-state index contributed by atoms with van der Waals surface area (Å²) in [5.41, 5.74) is 17.0. The lowest BCUT2D eigenvalue weighted by Gasteiger charge is -2.28. The van der Waals surface area contributed by atoms with Crippen LogP contribution in [-0.4, -0.2) is 11.4 Å². The van der Waals surface area contributed by atoms with Gasteiger partial charge in [0.15, 0.2) is 0 Å². The van der Waals surface area contributed by atoms with Gasteiger partial charge in [-0.25, -0.2) is 0 Å². The largest absolute Gasteiger partial charge is 0.416 e. The molecule has 2 atom stereocenters. The summed E-state index contributed by atoms with van der Waals surface area (Å²) in [6.07, 6.45) is -4.03. The molecule has 2 unspecified atom stereocenters. The van der Waals surface area contributed by atoms with Gasteiger partial charge in [-0.1, -0.05) is 42.5 Å². The van der Waals surface area contributed by atoms with Crippen molar-refractivity contribution in [2.75, 3.05) is 0 Å². The summed E-state index contributed by atoms with van der Waals surface area (Å²) in [6, 6.07) is 11.3. The van der Waals surface area contributed by atoms with E-state index in [9.17, 15) is 18.0 Å². The number of halogens is 5. The third-order valence-electron chi connectivity index (χ3n) is 4.18. The van der Waals surface area contributed by atoms with Crippen LogP contribution < -0.4 is 17.2 Å². The Morgan fingerprint density at radius 1 is 1.04 bits per heavy atom. The number of primary amides is 1. The highest BCUT2D eigenvalue weighted by Gasteiger charge is 2.34. The topological polar surface area (TPSA) is 95.1 Å². The number of rotatable bonds is 5. The van der Waals surface area contributed by atoms with Crippen LogP contribution in [0, 0.1) is 0 Å². The van der Waals surface area contributed by atoms with Gasteiger partial charge in [0.2, 0.25) is 5.91 Å². The molecule has 0 saturated carbocycles. The molecule has 0 spiro atoms. The zero-order chi connectivity index (χ0) is 18.8. The van der Waals surface area contributed by atoms with Gasteiger partial charge in [-0.3, -0.25) is 4.79 Å². The normalized spacial score (nSPS) is 14.3. The van der Waals surface area contributed by atoms with Gasteiger partial charge in [0.25, 0.3) is 0 Å². The van der Waals surface area contributed by atoms with E-state index in [-0.39, 0.29) is 24.8 Å². The third-order valence-corrected chi connectivity index (χ3v) is 4.18. The van der Waals surface area contributed by atoms with Crippen LogP contribution in [0.15, 0.2) is 48.5 Å². The molecule has 0 saturated heterocycles. The monoisotopic (exact) mass is 423 g/mol. The number of amides is 1. The minimum absolute atomic E-state index is 0. The maximum absolute atomic E-state index is 12.8. The summed E-state index contributed by atoms with van der Waals surface area (Å²) >= 11 is 0. The fourth-order valence-electron chi connectivity index (χ4n) is 2.44. The Balaban J connectivity index is 0.00000338. The molecule has 27 heavy (non-hydrogen) atoms. The minimum Gasteiger partial charge on any atom is -0.368 e. The van der Waals surface area contributed by atoms with Crippen LogP contribution in [0.5, 0.6) is 0 Å². The Hall–Kier alpha value is -1.80. The molecule has 150 valence electrons. The number of nitrogens with two attached hydrogens (primary N) is 3. The van der Waals surface area contributed by atoms with Crippen molar-refractivity contribution in [3.63, 3.8) is 0 Å². The van der Waals surface area contributed by atoms with E-state index in [1.165, 1.54) is 13.0 Å². The van der Waals surface area contributed by atoms with Crippen LogP contribution in [0.25, 0.3) is 0 Å². The quantitative estimate of drug-likeness (QED) is 0.687. The molecule has 2 aromatic rings. The third kappa shape index (κ3) is 6.10. The zero-order valence-corrected chi connectivity index (χ0v) is 16.1. The lowest BCUT2D eigenvalue weighted by Crippen LogP contribution is -2.56. The molecule has 1 amide bonds. The molecular weight excluding hydrogens is 402 g/mol. The molecule has 0 aliphatic carbocycles. The van der Waals surface area contributed by atoms with Crippen LogP contribution >= 0.6 is 24.8 Å².